The first kappa shape index (κ1) is 19.9. The summed E-state index contributed by atoms with van der Waals surface area (Å²) in [6.07, 6.45) is 0.118. The van der Waals surface area contributed by atoms with Gasteiger partial charge >= 0.3 is 0 Å². The van der Waals surface area contributed by atoms with Gasteiger partial charge in [0, 0.05) is 22.7 Å². The van der Waals surface area contributed by atoms with Crippen molar-refractivity contribution in [3.05, 3.63) is 57.2 Å². The molecular weight excluding hydrogens is 473 g/mol. The molecule has 140 valence electrons. The largest absolute Gasteiger partial charge is 0.326 e. The van der Waals surface area contributed by atoms with Crippen molar-refractivity contribution in [2.24, 2.45) is 4.99 Å². The van der Waals surface area contributed by atoms with Gasteiger partial charge < -0.3 is 5.32 Å². The highest BCUT2D eigenvalue weighted by atomic mass is 127. The second-order valence-corrected chi connectivity index (χ2v) is 8.86. The number of hydrogen-bond acceptors (Lipinski definition) is 4. The quantitative estimate of drug-likeness (QED) is 0.639. The summed E-state index contributed by atoms with van der Waals surface area (Å²) in [4.78, 5) is 31.0. The molecule has 2 aromatic carbocycles. The Hall–Kier alpha value is -1.87. The first-order valence-electron chi connectivity index (χ1n) is 8.49. The van der Waals surface area contributed by atoms with E-state index in [1.54, 1.807) is 7.05 Å². The lowest BCUT2D eigenvalue weighted by atomic mass is 10.1. The van der Waals surface area contributed by atoms with Gasteiger partial charge in [0.25, 0.3) is 0 Å². The highest BCUT2D eigenvalue weighted by Crippen LogP contribution is 2.31. The standard InChI is InChI=1S/C20H20IN3O2S/c1-12-4-9-16(13(2)10-12)23-18(25)11-17-19(26)24(3)20(27-17)22-15-7-5-14(21)6-8-15/h4-10,17H,11H2,1-3H3,(H,23,25)/t17-/m1/s1. The maximum absolute atomic E-state index is 12.5. The number of benzene rings is 2. The molecule has 1 aliphatic rings. The minimum Gasteiger partial charge on any atom is -0.326 e. The summed E-state index contributed by atoms with van der Waals surface area (Å²) >= 11 is 3.57. The van der Waals surface area contributed by atoms with Crippen molar-refractivity contribution < 1.29 is 9.59 Å². The molecule has 7 heteroatoms. The molecule has 1 fully saturated rings. The smallest absolute Gasteiger partial charge is 0.242 e. The maximum Gasteiger partial charge on any atom is 0.242 e. The number of amides is 2. The number of thioether (sulfide) groups is 1. The Morgan fingerprint density at radius 3 is 2.59 bits per heavy atom. The highest BCUT2D eigenvalue weighted by molar-refractivity contribution is 14.1. The molecule has 0 saturated carbocycles. The van der Waals surface area contributed by atoms with Crippen LogP contribution in [0, 0.1) is 17.4 Å². The van der Waals surface area contributed by atoms with E-state index in [1.165, 1.54) is 16.7 Å². The molecule has 0 aromatic heterocycles. The maximum atomic E-state index is 12.5. The number of nitrogens with zero attached hydrogens (tertiary/aromatic N) is 2. The molecule has 1 aliphatic heterocycles. The molecule has 1 atom stereocenters. The van der Waals surface area contributed by atoms with E-state index in [4.69, 9.17) is 0 Å². The second kappa shape index (κ2) is 8.43. The molecule has 1 heterocycles. The summed E-state index contributed by atoms with van der Waals surface area (Å²) in [5, 5.41) is 3.07. The van der Waals surface area contributed by atoms with E-state index >= 15 is 0 Å². The van der Waals surface area contributed by atoms with Crippen LogP contribution < -0.4 is 5.32 Å². The van der Waals surface area contributed by atoms with E-state index in [9.17, 15) is 9.59 Å². The van der Waals surface area contributed by atoms with E-state index in [-0.39, 0.29) is 18.2 Å². The van der Waals surface area contributed by atoms with Gasteiger partial charge in [-0.1, -0.05) is 29.5 Å². The van der Waals surface area contributed by atoms with Crippen molar-refractivity contribution >= 4 is 62.7 Å². The monoisotopic (exact) mass is 493 g/mol. The molecular formula is C20H20IN3O2S. The zero-order chi connectivity index (χ0) is 19.6. The van der Waals surface area contributed by atoms with E-state index in [2.05, 4.69) is 32.9 Å². The van der Waals surface area contributed by atoms with Crippen LogP contribution in [0.15, 0.2) is 47.5 Å². The van der Waals surface area contributed by atoms with Crippen LogP contribution in [0.1, 0.15) is 17.5 Å². The van der Waals surface area contributed by atoms with Crippen molar-refractivity contribution in [1.29, 1.82) is 0 Å². The van der Waals surface area contributed by atoms with Crippen LogP contribution in [-0.2, 0) is 9.59 Å². The number of carbonyl (C=O) groups is 2. The second-order valence-electron chi connectivity index (χ2n) is 6.45. The van der Waals surface area contributed by atoms with Crippen molar-refractivity contribution in [3.63, 3.8) is 0 Å². The average Bonchev–Trinajstić information content (AvgIpc) is 2.87. The molecule has 1 N–H and O–H groups in total. The van der Waals surface area contributed by atoms with Gasteiger partial charge in [-0.25, -0.2) is 4.99 Å². The van der Waals surface area contributed by atoms with Gasteiger partial charge in [0.05, 0.1) is 5.69 Å². The molecule has 0 aliphatic carbocycles. The average molecular weight is 493 g/mol. The van der Waals surface area contributed by atoms with Crippen LogP contribution in [0.2, 0.25) is 0 Å². The highest BCUT2D eigenvalue weighted by Gasteiger charge is 2.37. The van der Waals surface area contributed by atoms with Crippen LogP contribution in [0.3, 0.4) is 0 Å². The number of carbonyl (C=O) groups excluding carboxylic acids is 2. The molecule has 2 aromatic rings. The Balaban J connectivity index is 1.67. The minimum atomic E-state index is -0.455. The van der Waals surface area contributed by atoms with Crippen LogP contribution in [0.5, 0.6) is 0 Å². The Morgan fingerprint density at radius 1 is 1.22 bits per heavy atom. The third-order valence-corrected chi connectivity index (χ3v) is 6.17. The Labute approximate surface area is 176 Å². The predicted molar refractivity (Wildman–Crippen MR) is 120 cm³/mol. The summed E-state index contributed by atoms with van der Waals surface area (Å²) in [5.74, 6) is -0.267. The van der Waals surface area contributed by atoms with Gasteiger partial charge in [0.2, 0.25) is 11.8 Å². The number of aryl methyl sites for hydroxylation is 2. The van der Waals surface area contributed by atoms with Gasteiger partial charge in [0.15, 0.2) is 5.17 Å². The Kier molecular flexibility index (Phi) is 6.21. The number of amidine groups is 1. The van der Waals surface area contributed by atoms with Gasteiger partial charge in [-0.15, -0.1) is 0 Å². The summed E-state index contributed by atoms with van der Waals surface area (Å²) < 4.78 is 1.13. The normalized spacial score (nSPS) is 18.2. The van der Waals surface area contributed by atoms with Crippen molar-refractivity contribution in [1.82, 2.24) is 4.90 Å². The van der Waals surface area contributed by atoms with E-state index in [0.29, 0.717) is 5.17 Å². The lowest BCUT2D eigenvalue weighted by Crippen LogP contribution is -2.30. The molecule has 5 nitrogen and oxygen atoms in total. The number of anilines is 1. The summed E-state index contributed by atoms with van der Waals surface area (Å²) in [5.41, 5.74) is 3.72. The van der Waals surface area contributed by atoms with Crippen LogP contribution in [0.4, 0.5) is 11.4 Å². The molecule has 0 spiro atoms. The topological polar surface area (TPSA) is 61.8 Å². The summed E-state index contributed by atoms with van der Waals surface area (Å²) in [6.45, 7) is 3.97. The number of halogens is 1. The fraction of sp³-hybridized carbons (Fsp3) is 0.250. The number of hydrogen-bond donors (Lipinski definition) is 1. The fourth-order valence-electron chi connectivity index (χ4n) is 2.75. The predicted octanol–water partition coefficient (Wildman–Crippen LogP) is 4.50. The lowest BCUT2D eigenvalue weighted by Gasteiger charge is -2.11. The van der Waals surface area contributed by atoms with E-state index in [1.807, 2.05) is 56.3 Å². The van der Waals surface area contributed by atoms with Crippen LogP contribution in [-0.4, -0.2) is 34.2 Å². The Bertz CT molecular complexity index is 912. The third kappa shape index (κ3) is 4.90. The van der Waals surface area contributed by atoms with Crippen LogP contribution >= 0.6 is 34.4 Å². The van der Waals surface area contributed by atoms with Crippen molar-refractivity contribution in [2.75, 3.05) is 12.4 Å². The minimum absolute atomic E-state index is 0.0972. The molecule has 1 saturated heterocycles. The van der Waals surface area contributed by atoms with Gasteiger partial charge in [0.1, 0.15) is 5.25 Å². The van der Waals surface area contributed by atoms with E-state index in [0.717, 1.165) is 26.1 Å². The SMILES string of the molecule is Cc1ccc(NC(=O)C[C@H]2SC(=Nc3ccc(I)cc3)N(C)C2=O)c(C)c1. The van der Waals surface area contributed by atoms with Gasteiger partial charge in [-0.05, 0) is 72.3 Å². The molecule has 27 heavy (non-hydrogen) atoms. The first-order chi connectivity index (χ1) is 12.8. The van der Waals surface area contributed by atoms with Crippen LogP contribution in [0.25, 0.3) is 0 Å². The lowest BCUT2D eigenvalue weighted by molar-refractivity contribution is -0.127. The molecule has 3 rings (SSSR count). The fourth-order valence-corrected chi connectivity index (χ4v) is 4.26. The molecule has 2 amide bonds. The number of aliphatic imine (C=N–C) groups is 1. The summed E-state index contributed by atoms with van der Waals surface area (Å²) in [7, 11) is 1.70. The van der Waals surface area contributed by atoms with E-state index < -0.39 is 5.25 Å². The zero-order valence-electron chi connectivity index (χ0n) is 15.3. The molecule has 0 unspecified atom stereocenters. The van der Waals surface area contributed by atoms with Crippen molar-refractivity contribution in [2.45, 2.75) is 25.5 Å². The number of nitrogens with one attached hydrogen (secondary N) is 1. The zero-order valence-corrected chi connectivity index (χ0v) is 18.3. The molecule has 0 radical (unpaired) electrons. The van der Waals surface area contributed by atoms with Gasteiger partial charge in [-0.2, -0.15) is 0 Å². The third-order valence-electron chi connectivity index (χ3n) is 4.22. The Morgan fingerprint density at radius 2 is 1.93 bits per heavy atom. The molecule has 0 bridgehead atoms. The van der Waals surface area contributed by atoms with Gasteiger partial charge in [-0.3, -0.25) is 14.5 Å². The number of rotatable bonds is 4. The summed E-state index contributed by atoms with van der Waals surface area (Å²) in [6, 6.07) is 13.6. The first-order valence-corrected chi connectivity index (χ1v) is 10.4. The van der Waals surface area contributed by atoms with Crippen molar-refractivity contribution in [3.8, 4) is 0 Å².